The van der Waals surface area contributed by atoms with E-state index in [1.54, 1.807) is 6.20 Å². The Bertz CT molecular complexity index is 445. The highest BCUT2D eigenvalue weighted by molar-refractivity contribution is 9.11. The molecule has 0 radical (unpaired) electrons. The van der Waals surface area contributed by atoms with Gasteiger partial charge in [0, 0.05) is 11.6 Å². The Morgan fingerprint density at radius 3 is 3.09 bits per heavy atom. The molecule has 0 bridgehead atoms. The Morgan fingerprint density at radius 1 is 1.55 bits per heavy atom. The van der Waals surface area contributed by atoms with Gasteiger partial charge in [-0.1, -0.05) is 0 Å². The van der Waals surface area contributed by atoms with Gasteiger partial charge < -0.3 is 4.98 Å². The van der Waals surface area contributed by atoms with E-state index < -0.39 is 0 Å². The summed E-state index contributed by atoms with van der Waals surface area (Å²) in [5.41, 5.74) is -0.0156. The second-order valence-corrected chi connectivity index (χ2v) is 4.57. The summed E-state index contributed by atoms with van der Waals surface area (Å²) in [5.74, 6) is 0. The number of halogens is 1. The lowest BCUT2D eigenvalue weighted by molar-refractivity contribution is 1.29. The maximum Gasteiger partial charge on any atom is 0.265 e. The minimum absolute atomic E-state index is 0.0156. The predicted octanol–water partition coefficient (Wildman–Crippen LogP) is 2.35. The predicted molar refractivity (Wildman–Crippen MR) is 50.1 cm³/mol. The molecule has 2 aromatic rings. The summed E-state index contributed by atoms with van der Waals surface area (Å²) in [6.45, 7) is 0. The van der Waals surface area contributed by atoms with Gasteiger partial charge in [-0.3, -0.25) is 4.79 Å². The molecule has 2 heterocycles. The van der Waals surface area contributed by atoms with Crippen LogP contribution in [-0.2, 0) is 0 Å². The fourth-order valence-electron chi connectivity index (χ4n) is 0.948. The first-order chi connectivity index (χ1) is 5.27. The van der Waals surface area contributed by atoms with Gasteiger partial charge in [-0.05, 0) is 28.1 Å². The molecule has 1 N–H and O–H groups in total. The molecule has 56 valence electrons. The summed E-state index contributed by atoms with van der Waals surface area (Å²) < 4.78 is 1.77. The molecule has 0 spiro atoms. The number of hydrogen-bond donors (Lipinski definition) is 1. The minimum Gasteiger partial charge on any atom is -0.328 e. The molecule has 0 fully saturated rings. The maximum atomic E-state index is 11.1. The average molecular weight is 230 g/mol. The lowest BCUT2D eigenvalue weighted by Crippen LogP contribution is -2.01. The zero-order valence-corrected chi connectivity index (χ0v) is 7.83. The van der Waals surface area contributed by atoms with E-state index in [1.807, 2.05) is 12.1 Å². The van der Waals surface area contributed by atoms with Crippen LogP contribution in [0.15, 0.2) is 26.9 Å². The van der Waals surface area contributed by atoms with E-state index in [-0.39, 0.29) is 5.56 Å². The normalized spacial score (nSPS) is 10.6. The highest BCUT2D eigenvalue weighted by Crippen LogP contribution is 2.26. The highest BCUT2D eigenvalue weighted by Gasteiger charge is 2.00. The maximum absolute atomic E-state index is 11.1. The van der Waals surface area contributed by atoms with Gasteiger partial charge in [0.15, 0.2) is 0 Å². The number of aromatic nitrogens is 1. The van der Waals surface area contributed by atoms with Crippen molar-refractivity contribution in [2.45, 2.75) is 0 Å². The number of hydrogen-bond acceptors (Lipinski definition) is 2. The zero-order valence-electron chi connectivity index (χ0n) is 5.43. The molecule has 0 aliphatic carbocycles. The lowest BCUT2D eigenvalue weighted by atomic mass is 10.3. The molecule has 0 saturated heterocycles. The van der Waals surface area contributed by atoms with Crippen molar-refractivity contribution in [3.05, 3.63) is 32.5 Å². The van der Waals surface area contributed by atoms with E-state index in [0.29, 0.717) is 0 Å². The molecule has 0 saturated carbocycles. The van der Waals surface area contributed by atoms with Crippen LogP contribution in [-0.4, -0.2) is 4.98 Å². The molecule has 2 aromatic heterocycles. The average Bonchev–Trinajstić information content (AvgIpc) is 2.31. The highest BCUT2D eigenvalue weighted by atomic mass is 79.9. The van der Waals surface area contributed by atoms with Crippen molar-refractivity contribution < 1.29 is 0 Å². The van der Waals surface area contributed by atoms with Gasteiger partial charge in [0.05, 0.1) is 3.79 Å². The quantitative estimate of drug-likeness (QED) is 0.740. The summed E-state index contributed by atoms with van der Waals surface area (Å²) in [5, 5.41) is 0.991. The SMILES string of the molecule is O=c1[nH]ccc2cc(Br)sc12. The number of thiophene rings is 1. The molecule has 4 heteroatoms. The number of nitrogens with one attached hydrogen (secondary N) is 1. The lowest BCUT2D eigenvalue weighted by Gasteiger charge is -1.83. The fourth-order valence-corrected chi connectivity index (χ4v) is 2.46. The Balaban J connectivity index is 3.02. The second-order valence-electron chi connectivity index (χ2n) is 2.14. The molecule has 0 aliphatic heterocycles. The summed E-state index contributed by atoms with van der Waals surface area (Å²) in [6, 6.07) is 3.83. The third-order valence-electron chi connectivity index (χ3n) is 1.41. The van der Waals surface area contributed by atoms with E-state index >= 15 is 0 Å². The van der Waals surface area contributed by atoms with Gasteiger partial charge in [-0.2, -0.15) is 0 Å². The standard InChI is InChI=1S/C7H4BrNOS/c8-5-3-4-1-2-9-7(10)6(4)11-5/h1-3H,(H,9,10). The summed E-state index contributed by atoms with van der Waals surface area (Å²) in [7, 11) is 0. The Hall–Kier alpha value is -0.610. The third-order valence-corrected chi connectivity index (χ3v) is 3.07. The first-order valence-corrected chi connectivity index (χ1v) is 4.65. The van der Waals surface area contributed by atoms with Crippen LogP contribution in [0.4, 0.5) is 0 Å². The van der Waals surface area contributed by atoms with Gasteiger partial charge in [-0.25, -0.2) is 0 Å². The van der Waals surface area contributed by atoms with Crippen molar-refractivity contribution >= 4 is 37.4 Å². The molecular formula is C7H4BrNOS. The van der Waals surface area contributed by atoms with E-state index in [9.17, 15) is 4.79 Å². The number of fused-ring (bicyclic) bond motifs is 1. The van der Waals surface area contributed by atoms with Crippen LogP contribution in [0.5, 0.6) is 0 Å². The summed E-state index contributed by atoms with van der Waals surface area (Å²) in [4.78, 5) is 13.7. The van der Waals surface area contributed by atoms with Gasteiger partial charge >= 0.3 is 0 Å². The van der Waals surface area contributed by atoms with Crippen LogP contribution in [0.3, 0.4) is 0 Å². The van der Waals surface area contributed by atoms with Crippen molar-refractivity contribution in [2.24, 2.45) is 0 Å². The van der Waals surface area contributed by atoms with Crippen molar-refractivity contribution in [3.63, 3.8) is 0 Å². The van der Waals surface area contributed by atoms with Gasteiger partial charge in [0.25, 0.3) is 5.56 Å². The van der Waals surface area contributed by atoms with E-state index in [0.717, 1.165) is 13.9 Å². The third kappa shape index (κ3) is 1.12. The fraction of sp³-hybridized carbons (Fsp3) is 0. The van der Waals surface area contributed by atoms with Crippen LogP contribution in [0.1, 0.15) is 0 Å². The van der Waals surface area contributed by atoms with Crippen molar-refractivity contribution in [3.8, 4) is 0 Å². The first-order valence-electron chi connectivity index (χ1n) is 3.04. The Morgan fingerprint density at radius 2 is 2.36 bits per heavy atom. The molecule has 0 aromatic carbocycles. The van der Waals surface area contributed by atoms with Crippen LogP contribution in [0, 0.1) is 0 Å². The van der Waals surface area contributed by atoms with Crippen molar-refractivity contribution in [2.75, 3.05) is 0 Å². The molecule has 0 atom stereocenters. The molecular weight excluding hydrogens is 226 g/mol. The van der Waals surface area contributed by atoms with Crippen LogP contribution in [0.2, 0.25) is 0 Å². The second kappa shape index (κ2) is 2.46. The molecule has 11 heavy (non-hydrogen) atoms. The van der Waals surface area contributed by atoms with E-state index in [2.05, 4.69) is 20.9 Å². The van der Waals surface area contributed by atoms with Gasteiger partial charge in [-0.15, -0.1) is 11.3 Å². The number of rotatable bonds is 0. The van der Waals surface area contributed by atoms with E-state index in [4.69, 9.17) is 0 Å². The minimum atomic E-state index is -0.0156. The van der Waals surface area contributed by atoms with Gasteiger partial charge in [0.2, 0.25) is 0 Å². The Kier molecular flexibility index (Phi) is 1.58. The summed E-state index contributed by atoms with van der Waals surface area (Å²) >= 11 is 4.78. The Labute approximate surface area is 75.0 Å². The van der Waals surface area contributed by atoms with Crippen LogP contribution in [0.25, 0.3) is 10.1 Å². The number of pyridine rings is 1. The van der Waals surface area contributed by atoms with Crippen molar-refractivity contribution in [1.29, 1.82) is 0 Å². The monoisotopic (exact) mass is 229 g/mol. The van der Waals surface area contributed by atoms with Crippen LogP contribution < -0.4 is 5.56 Å². The first kappa shape index (κ1) is 7.06. The molecule has 0 unspecified atom stereocenters. The van der Waals surface area contributed by atoms with Crippen LogP contribution >= 0.6 is 27.3 Å². The molecule has 2 nitrogen and oxygen atoms in total. The largest absolute Gasteiger partial charge is 0.328 e. The topological polar surface area (TPSA) is 32.9 Å². The smallest absolute Gasteiger partial charge is 0.265 e. The molecule has 0 amide bonds. The van der Waals surface area contributed by atoms with Crippen molar-refractivity contribution in [1.82, 2.24) is 4.98 Å². The van der Waals surface area contributed by atoms with Gasteiger partial charge in [0.1, 0.15) is 4.70 Å². The zero-order chi connectivity index (χ0) is 7.84. The number of H-pyrrole nitrogens is 1. The van der Waals surface area contributed by atoms with E-state index in [1.165, 1.54) is 11.3 Å². The summed E-state index contributed by atoms with van der Waals surface area (Å²) in [6.07, 6.45) is 1.66. The molecule has 0 aliphatic rings. The molecule has 2 rings (SSSR count). The number of aromatic amines is 1.